The lowest BCUT2D eigenvalue weighted by molar-refractivity contribution is 0.0977. The molecule has 0 bridgehead atoms. The van der Waals surface area contributed by atoms with Gasteiger partial charge >= 0.3 is 0 Å². The Morgan fingerprint density at radius 3 is 2.00 bits per heavy atom. The van der Waals surface area contributed by atoms with Crippen molar-refractivity contribution in [1.29, 1.82) is 0 Å². The molecule has 0 atom stereocenters. The third kappa shape index (κ3) is 2.68. The quantitative estimate of drug-likeness (QED) is 0.471. The fourth-order valence-electron chi connectivity index (χ4n) is 3.03. The van der Waals surface area contributed by atoms with Crippen molar-refractivity contribution in [2.45, 2.75) is 9.79 Å². The van der Waals surface area contributed by atoms with Gasteiger partial charge in [0.2, 0.25) is 0 Å². The van der Waals surface area contributed by atoms with Crippen LogP contribution in [0.2, 0.25) is 0 Å². The molecule has 3 aromatic rings. The molecular formula is C21H11ClO3S. The molecule has 4 rings (SSSR count). The zero-order valence-electron chi connectivity index (χ0n) is 13.4. The van der Waals surface area contributed by atoms with Gasteiger partial charge < -0.3 is 0 Å². The summed E-state index contributed by atoms with van der Waals surface area (Å²) >= 11 is 6.92. The van der Waals surface area contributed by atoms with E-state index in [1.807, 2.05) is 0 Å². The smallest absolute Gasteiger partial charge is 0.253 e. The average molecular weight is 379 g/mol. The van der Waals surface area contributed by atoms with Crippen molar-refractivity contribution in [3.8, 4) is 0 Å². The summed E-state index contributed by atoms with van der Waals surface area (Å²) in [5, 5.41) is -0.564. The van der Waals surface area contributed by atoms with E-state index in [0.29, 0.717) is 37.6 Å². The normalized spacial score (nSPS) is 12.5. The van der Waals surface area contributed by atoms with Crippen LogP contribution in [0.25, 0.3) is 0 Å². The van der Waals surface area contributed by atoms with E-state index in [9.17, 15) is 14.4 Å². The van der Waals surface area contributed by atoms with Crippen LogP contribution < -0.4 is 0 Å². The minimum atomic E-state index is -0.564. The minimum Gasteiger partial charge on any atom is -0.289 e. The maximum absolute atomic E-state index is 13.0. The van der Waals surface area contributed by atoms with E-state index in [1.165, 1.54) is 11.8 Å². The maximum Gasteiger partial charge on any atom is 0.253 e. The molecule has 0 spiro atoms. The molecule has 0 aliphatic heterocycles. The Bertz CT molecular complexity index is 1090. The number of carbonyl (C=O) groups is 3. The molecule has 0 N–H and O–H groups in total. The summed E-state index contributed by atoms with van der Waals surface area (Å²) in [6.07, 6.45) is 0. The van der Waals surface area contributed by atoms with Crippen molar-refractivity contribution in [2.24, 2.45) is 0 Å². The molecule has 0 saturated heterocycles. The van der Waals surface area contributed by atoms with E-state index in [0.717, 1.165) is 0 Å². The van der Waals surface area contributed by atoms with Gasteiger partial charge in [-0.05, 0) is 29.8 Å². The first kappa shape index (κ1) is 16.8. The van der Waals surface area contributed by atoms with Crippen molar-refractivity contribution in [1.82, 2.24) is 0 Å². The lowest BCUT2D eigenvalue weighted by Gasteiger charge is -2.20. The summed E-state index contributed by atoms with van der Waals surface area (Å²) < 4.78 is 0. The van der Waals surface area contributed by atoms with E-state index in [4.69, 9.17) is 11.6 Å². The molecule has 0 heterocycles. The third-order valence-electron chi connectivity index (χ3n) is 4.23. The lowest BCUT2D eigenvalue weighted by Crippen LogP contribution is -2.21. The van der Waals surface area contributed by atoms with Crippen LogP contribution in [0.5, 0.6) is 0 Å². The van der Waals surface area contributed by atoms with Gasteiger partial charge in [0.05, 0.1) is 0 Å². The Morgan fingerprint density at radius 2 is 1.27 bits per heavy atom. The Morgan fingerprint density at radius 1 is 0.692 bits per heavy atom. The predicted octanol–water partition coefficient (Wildman–Crippen LogP) is 4.99. The van der Waals surface area contributed by atoms with Gasteiger partial charge in [0.25, 0.3) is 5.24 Å². The van der Waals surface area contributed by atoms with Gasteiger partial charge in [-0.15, -0.1) is 0 Å². The van der Waals surface area contributed by atoms with Crippen LogP contribution in [0.3, 0.4) is 0 Å². The second-order valence-electron chi connectivity index (χ2n) is 5.75. The van der Waals surface area contributed by atoms with Gasteiger partial charge in [0, 0.05) is 37.6 Å². The van der Waals surface area contributed by atoms with Gasteiger partial charge in [-0.2, -0.15) is 0 Å². The highest BCUT2D eigenvalue weighted by atomic mass is 35.5. The average Bonchev–Trinajstić information content (AvgIpc) is 2.66. The van der Waals surface area contributed by atoms with Gasteiger partial charge in [-0.1, -0.05) is 60.3 Å². The van der Waals surface area contributed by atoms with Crippen LogP contribution in [-0.2, 0) is 0 Å². The Labute approximate surface area is 159 Å². The monoisotopic (exact) mass is 378 g/mol. The fraction of sp³-hybridized carbons (Fsp3) is 0. The lowest BCUT2D eigenvalue weighted by atomic mass is 9.84. The molecule has 0 radical (unpaired) electrons. The van der Waals surface area contributed by atoms with Crippen LogP contribution in [0.15, 0.2) is 76.5 Å². The summed E-state index contributed by atoms with van der Waals surface area (Å²) in [6, 6.07) is 18.9. The zero-order valence-corrected chi connectivity index (χ0v) is 14.9. The highest BCUT2D eigenvalue weighted by Gasteiger charge is 2.31. The van der Waals surface area contributed by atoms with Crippen molar-refractivity contribution < 1.29 is 14.4 Å². The van der Waals surface area contributed by atoms with Crippen molar-refractivity contribution >= 4 is 40.2 Å². The summed E-state index contributed by atoms with van der Waals surface area (Å²) in [5.74, 6) is -0.354. The van der Waals surface area contributed by atoms with E-state index in [2.05, 4.69) is 0 Å². The molecule has 0 unspecified atom stereocenters. The number of ketones is 2. The van der Waals surface area contributed by atoms with Crippen molar-refractivity contribution in [3.63, 3.8) is 0 Å². The van der Waals surface area contributed by atoms with E-state index >= 15 is 0 Å². The molecule has 26 heavy (non-hydrogen) atoms. The van der Waals surface area contributed by atoms with E-state index in [-0.39, 0.29) is 11.6 Å². The summed E-state index contributed by atoms with van der Waals surface area (Å²) in [4.78, 5) is 38.7. The Balaban J connectivity index is 1.86. The highest BCUT2D eigenvalue weighted by Crippen LogP contribution is 2.38. The van der Waals surface area contributed by atoms with Crippen LogP contribution in [0.1, 0.15) is 42.2 Å². The minimum absolute atomic E-state index is 0.167. The Hall–Kier alpha value is -2.69. The van der Waals surface area contributed by atoms with Gasteiger partial charge in [-0.3, -0.25) is 14.4 Å². The molecule has 0 saturated carbocycles. The number of hydrogen-bond donors (Lipinski definition) is 0. The summed E-state index contributed by atoms with van der Waals surface area (Å²) in [6.45, 7) is 0. The molecule has 1 aliphatic rings. The fourth-order valence-corrected chi connectivity index (χ4v) is 4.36. The largest absolute Gasteiger partial charge is 0.289 e. The first-order chi connectivity index (χ1) is 12.6. The van der Waals surface area contributed by atoms with Gasteiger partial charge in [0.15, 0.2) is 11.6 Å². The first-order valence-corrected chi connectivity index (χ1v) is 9.05. The highest BCUT2D eigenvalue weighted by molar-refractivity contribution is 7.99. The molecule has 0 amide bonds. The Kier molecular flexibility index (Phi) is 4.23. The molecule has 1 aliphatic carbocycles. The molecule has 3 aromatic carbocycles. The second kappa shape index (κ2) is 6.56. The molecular weight excluding hydrogens is 368 g/mol. The van der Waals surface area contributed by atoms with Crippen LogP contribution in [0, 0.1) is 0 Å². The van der Waals surface area contributed by atoms with Crippen LogP contribution in [-0.4, -0.2) is 16.8 Å². The zero-order chi connectivity index (χ0) is 18.3. The number of rotatable bonds is 3. The topological polar surface area (TPSA) is 51.2 Å². The van der Waals surface area contributed by atoms with Crippen molar-refractivity contribution in [2.75, 3.05) is 0 Å². The van der Waals surface area contributed by atoms with Crippen molar-refractivity contribution in [3.05, 3.63) is 94.5 Å². The number of benzene rings is 3. The van der Waals surface area contributed by atoms with E-state index in [1.54, 1.807) is 66.7 Å². The van der Waals surface area contributed by atoms with Crippen LogP contribution >= 0.6 is 23.4 Å². The SMILES string of the molecule is O=C(Cl)c1ccccc1Sc1cccc2c1C(=O)c1ccccc1C2=O. The number of fused-ring (bicyclic) bond motifs is 2. The number of hydrogen-bond acceptors (Lipinski definition) is 4. The number of carbonyl (C=O) groups excluding carboxylic acids is 3. The molecule has 126 valence electrons. The molecule has 3 nitrogen and oxygen atoms in total. The number of halogens is 1. The predicted molar refractivity (Wildman–Crippen MR) is 100 cm³/mol. The van der Waals surface area contributed by atoms with E-state index < -0.39 is 5.24 Å². The second-order valence-corrected chi connectivity index (χ2v) is 7.18. The van der Waals surface area contributed by atoms with Crippen LogP contribution in [0.4, 0.5) is 0 Å². The van der Waals surface area contributed by atoms with Gasteiger partial charge in [-0.25, -0.2) is 0 Å². The summed E-state index contributed by atoms with van der Waals surface area (Å²) in [7, 11) is 0. The summed E-state index contributed by atoms with van der Waals surface area (Å²) in [5.41, 5.74) is 1.95. The first-order valence-electron chi connectivity index (χ1n) is 7.86. The molecule has 5 heteroatoms. The molecule has 0 fully saturated rings. The molecule has 0 aromatic heterocycles. The standard InChI is InChI=1S/C21H11ClO3S/c22-21(25)14-8-3-4-10-16(14)26-17-11-5-9-15-18(17)20(24)13-7-2-1-6-12(13)19(15)23/h1-11H. The third-order valence-corrected chi connectivity index (χ3v) is 5.57. The van der Waals surface area contributed by atoms with Gasteiger partial charge in [0.1, 0.15) is 0 Å². The maximum atomic E-state index is 13.0.